The molecule has 1 aliphatic rings. The molecule has 0 aromatic heterocycles. The molecule has 2 N–H and O–H groups in total. The fraction of sp³-hybridized carbons (Fsp3) is 0.318. The van der Waals surface area contributed by atoms with Gasteiger partial charge in [-0.1, -0.05) is 36.2 Å². The van der Waals surface area contributed by atoms with Crippen LogP contribution in [0.1, 0.15) is 42.1 Å². The number of benzene rings is 2. The van der Waals surface area contributed by atoms with E-state index in [0.29, 0.717) is 35.7 Å². The maximum absolute atomic E-state index is 12.7. The number of ether oxygens (including phenoxy) is 1. The van der Waals surface area contributed by atoms with Gasteiger partial charge in [-0.3, -0.25) is 14.4 Å². The number of amides is 2. The number of carbonyl (C=O) groups excluding carboxylic acids is 3. The van der Waals surface area contributed by atoms with Gasteiger partial charge in [0.15, 0.2) is 6.61 Å². The lowest BCUT2D eigenvalue weighted by atomic mass is 9.64. The average molecular weight is 415 g/mol. The highest BCUT2D eigenvalue weighted by atomic mass is 35.5. The van der Waals surface area contributed by atoms with Crippen LogP contribution in [0.3, 0.4) is 0 Å². The van der Waals surface area contributed by atoms with Crippen molar-refractivity contribution in [1.29, 1.82) is 0 Å². The molecule has 3 rings (SSSR count). The predicted octanol–water partition coefficient (Wildman–Crippen LogP) is 3.69. The summed E-state index contributed by atoms with van der Waals surface area (Å²) in [7, 11) is 0. The van der Waals surface area contributed by atoms with Gasteiger partial charge in [0.25, 0.3) is 11.8 Å². The van der Waals surface area contributed by atoms with E-state index in [4.69, 9.17) is 16.3 Å². The molecule has 152 valence electrons. The van der Waals surface area contributed by atoms with E-state index >= 15 is 0 Å². The molecule has 2 amide bonds. The number of hydrogen-bond donors (Lipinski definition) is 2. The van der Waals surface area contributed by atoms with Crippen LogP contribution in [0.5, 0.6) is 0 Å². The van der Waals surface area contributed by atoms with Gasteiger partial charge in [0.1, 0.15) is 0 Å². The van der Waals surface area contributed by atoms with Crippen molar-refractivity contribution in [3.8, 4) is 0 Å². The van der Waals surface area contributed by atoms with Gasteiger partial charge in [0.2, 0.25) is 0 Å². The maximum atomic E-state index is 12.7. The largest absolute Gasteiger partial charge is 0.455 e. The Morgan fingerprint density at radius 1 is 1.10 bits per heavy atom. The summed E-state index contributed by atoms with van der Waals surface area (Å²) in [6.07, 6.45) is 2.26. The summed E-state index contributed by atoms with van der Waals surface area (Å²) in [4.78, 5) is 36.9. The molecule has 6 nitrogen and oxygen atoms in total. The molecule has 0 heterocycles. The Morgan fingerprint density at radius 3 is 2.52 bits per heavy atom. The molecular weight excluding hydrogens is 392 g/mol. The molecule has 1 fully saturated rings. The first kappa shape index (κ1) is 20.9. The normalized spacial score (nSPS) is 14.4. The van der Waals surface area contributed by atoms with Crippen molar-refractivity contribution < 1.29 is 19.1 Å². The summed E-state index contributed by atoms with van der Waals surface area (Å²) >= 11 is 6.06. The van der Waals surface area contributed by atoms with E-state index in [-0.39, 0.29) is 5.91 Å². The lowest BCUT2D eigenvalue weighted by Crippen LogP contribution is -2.44. The van der Waals surface area contributed by atoms with Gasteiger partial charge in [-0.2, -0.15) is 0 Å². The standard InChI is InChI=1S/C22H23ClN2O4/c1-2-24-20(27)15-6-3-9-18(12-15)25-19(26)14-29-21(28)22(10-5-11-22)16-7-4-8-17(23)13-16/h3-4,6-9,12-13H,2,5,10-11,14H2,1H3,(H,24,27)(H,25,26). The van der Waals surface area contributed by atoms with Crippen molar-refractivity contribution in [3.05, 3.63) is 64.7 Å². The third-order valence-electron chi connectivity index (χ3n) is 5.06. The number of carbonyl (C=O) groups is 3. The summed E-state index contributed by atoms with van der Waals surface area (Å²) in [5.41, 5.74) is 0.985. The second-order valence-electron chi connectivity index (χ2n) is 7.01. The van der Waals surface area contributed by atoms with Crippen molar-refractivity contribution in [3.63, 3.8) is 0 Å². The van der Waals surface area contributed by atoms with E-state index in [9.17, 15) is 14.4 Å². The third kappa shape index (κ3) is 4.77. The van der Waals surface area contributed by atoms with E-state index < -0.39 is 23.9 Å². The second-order valence-corrected chi connectivity index (χ2v) is 7.45. The van der Waals surface area contributed by atoms with Crippen molar-refractivity contribution in [2.75, 3.05) is 18.5 Å². The Hall–Kier alpha value is -2.86. The summed E-state index contributed by atoms with van der Waals surface area (Å²) in [6, 6.07) is 13.8. The molecule has 0 unspecified atom stereocenters. The van der Waals surface area contributed by atoms with Crippen LogP contribution in [0, 0.1) is 0 Å². The number of hydrogen-bond acceptors (Lipinski definition) is 4. The van der Waals surface area contributed by atoms with Gasteiger partial charge in [-0.15, -0.1) is 0 Å². The van der Waals surface area contributed by atoms with E-state index in [0.717, 1.165) is 12.0 Å². The fourth-order valence-corrected chi connectivity index (χ4v) is 3.58. The zero-order valence-corrected chi connectivity index (χ0v) is 16.9. The van der Waals surface area contributed by atoms with Crippen LogP contribution >= 0.6 is 11.6 Å². The Balaban J connectivity index is 1.60. The van der Waals surface area contributed by atoms with Crippen molar-refractivity contribution in [1.82, 2.24) is 5.32 Å². The van der Waals surface area contributed by atoms with E-state index in [1.165, 1.54) is 0 Å². The SMILES string of the molecule is CCNC(=O)c1cccc(NC(=O)COC(=O)C2(c3cccc(Cl)c3)CCC2)c1. The van der Waals surface area contributed by atoms with Crippen LogP contribution in [0.25, 0.3) is 0 Å². The van der Waals surface area contributed by atoms with Crippen molar-refractivity contribution in [2.45, 2.75) is 31.6 Å². The van der Waals surface area contributed by atoms with Crippen molar-refractivity contribution in [2.24, 2.45) is 0 Å². The predicted molar refractivity (Wildman–Crippen MR) is 111 cm³/mol. The van der Waals surface area contributed by atoms with E-state index in [2.05, 4.69) is 10.6 Å². The highest BCUT2D eigenvalue weighted by Gasteiger charge is 2.47. The van der Waals surface area contributed by atoms with E-state index in [1.54, 1.807) is 42.5 Å². The molecule has 2 aromatic carbocycles. The van der Waals surface area contributed by atoms with Gasteiger partial charge < -0.3 is 15.4 Å². The number of rotatable bonds is 7. The Bertz CT molecular complexity index is 925. The zero-order valence-electron chi connectivity index (χ0n) is 16.2. The minimum absolute atomic E-state index is 0.219. The molecule has 2 aromatic rings. The maximum Gasteiger partial charge on any atom is 0.317 e. The molecule has 0 saturated heterocycles. The van der Waals surface area contributed by atoms with Crippen molar-refractivity contribution >= 4 is 35.1 Å². The van der Waals surface area contributed by atoms with Gasteiger partial charge in [0, 0.05) is 22.8 Å². The minimum Gasteiger partial charge on any atom is -0.455 e. The molecule has 0 spiro atoms. The first-order valence-electron chi connectivity index (χ1n) is 9.56. The number of anilines is 1. The van der Waals surface area contributed by atoms with Gasteiger partial charge in [0.05, 0.1) is 5.41 Å². The summed E-state index contributed by atoms with van der Waals surface area (Å²) < 4.78 is 5.32. The molecule has 0 atom stereocenters. The molecule has 0 radical (unpaired) electrons. The van der Waals surface area contributed by atoms with E-state index in [1.807, 2.05) is 13.0 Å². The Labute approximate surface area is 174 Å². The third-order valence-corrected chi connectivity index (χ3v) is 5.29. The first-order valence-corrected chi connectivity index (χ1v) is 9.94. The molecule has 1 saturated carbocycles. The fourth-order valence-electron chi connectivity index (χ4n) is 3.39. The van der Waals surface area contributed by atoms with Crippen LogP contribution in [0.2, 0.25) is 5.02 Å². The number of nitrogens with one attached hydrogen (secondary N) is 2. The number of halogens is 1. The molecule has 1 aliphatic carbocycles. The highest BCUT2D eigenvalue weighted by Crippen LogP contribution is 2.45. The van der Waals surface area contributed by atoms with Crippen LogP contribution in [-0.4, -0.2) is 30.9 Å². The Morgan fingerprint density at radius 2 is 1.86 bits per heavy atom. The minimum atomic E-state index is -0.733. The molecule has 29 heavy (non-hydrogen) atoms. The van der Waals surface area contributed by atoms with Crippen LogP contribution in [0.4, 0.5) is 5.69 Å². The smallest absolute Gasteiger partial charge is 0.317 e. The lowest BCUT2D eigenvalue weighted by Gasteiger charge is -2.39. The average Bonchev–Trinajstić information content (AvgIpc) is 2.66. The highest BCUT2D eigenvalue weighted by molar-refractivity contribution is 6.30. The molecular formula is C22H23ClN2O4. The summed E-state index contributed by atoms with van der Waals surface area (Å²) in [6.45, 7) is 1.95. The summed E-state index contributed by atoms with van der Waals surface area (Å²) in [5, 5.41) is 5.92. The Kier molecular flexibility index (Phi) is 6.54. The zero-order chi connectivity index (χ0) is 20.9. The molecule has 0 aliphatic heterocycles. The number of esters is 1. The second kappa shape index (κ2) is 9.09. The first-order chi connectivity index (χ1) is 13.9. The van der Waals surface area contributed by atoms with Crippen LogP contribution < -0.4 is 10.6 Å². The van der Waals surface area contributed by atoms with Gasteiger partial charge in [-0.25, -0.2) is 0 Å². The quantitative estimate of drug-likeness (QED) is 0.676. The lowest BCUT2D eigenvalue weighted by molar-refractivity contribution is -0.156. The van der Waals surface area contributed by atoms with Crippen LogP contribution in [0.15, 0.2) is 48.5 Å². The van der Waals surface area contributed by atoms with Gasteiger partial charge in [-0.05, 0) is 55.7 Å². The molecule has 7 heteroatoms. The summed E-state index contributed by atoms with van der Waals surface area (Å²) in [5.74, 6) is -1.10. The topological polar surface area (TPSA) is 84.5 Å². The monoisotopic (exact) mass is 414 g/mol. The van der Waals surface area contributed by atoms with Gasteiger partial charge >= 0.3 is 5.97 Å². The molecule has 0 bridgehead atoms. The van der Waals surface area contributed by atoms with Crippen LogP contribution in [-0.2, 0) is 19.7 Å².